The normalized spacial score (nSPS) is 11.1. The quantitative estimate of drug-likeness (QED) is 0.738. The second-order valence-corrected chi connectivity index (χ2v) is 4.34. The second kappa shape index (κ2) is 5.29. The van der Waals surface area contributed by atoms with Gasteiger partial charge in [0.15, 0.2) is 0 Å². The summed E-state index contributed by atoms with van der Waals surface area (Å²) in [5.74, 6) is -0.558. The third-order valence-electron chi connectivity index (χ3n) is 2.20. The zero-order valence-electron chi connectivity index (χ0n) is 9.28. The third kappa shape index (κ3) is 3.04. The number of aromatic amines is 2. The van der Waals surface area contributed by atoms with E-state index in [9.17, 15) is 14.7 Å². The summed E-state index contributed by atoms with van der Waals surface area (Å²) < 4.78 is 0. The van der Waals surface area contributed by atoms with Crippen molar-refractivity contribution in [3.8, 4) is 5.88 Å². The van der Waals surface area contributed by atoms with Crippen LogP contribution in [0, 0.1) is 0 Å². The Bertz CT molecular complexity index is 765. The van der Waals surface area contributed by atoms with Gasteiger partial charge in [-0.3, -0.25) is 19.8 Å². The number of H-pyrrole nitrogens is 2. The Hall–Kier alpha value is -2.05. The standard InChI is InChI=1S/C11H7Cl2N3O3/c12-7-2-1-5(3-8(7)13)14-4-6-9(17)15-11(19)16-10(6)18/h1-4H,(H3,15,16,17,18,19). The van der Waals surface area contributed by atoms with Crippen LogP contribution in [0.25, 0.3) is 0 Å². The highest BCUT2D eigenvalue weighted by atomic mass is 35.5. The van der Waals surface area contributed by atoms with Crippen LogP contribution in [-0.2, 0) is 0 Å². The summed E-state index contributed by atoms with van der Waals surface area (Å²) in [6, 6.07) is 4.63. The number of hydrogen-bond acceptors (Lipinski definition) is 4. The lowest BCUT2D eigenvalue weighted by Gasteiger charge is -1.98. The van der Waals surface area contributed by atoms with Crippen LogP contribution in [0.2, 0.25) is 10.0 Å². The molecule has 0 aliphatic rings. The van der Waals surface area contributed by atoms with Crippen molar-refractivity contribution in [1.29, 1.82) is 0 Å². The molecule has 0 atom stereocenters. The molecule has 1 heterocycles. The summed E-state index contributed by atoms with van der Waals surface area (Å²) in [5, 5.41) is 10.1. The Morgan fingerprint density at radius 1 is 1.16 bits per heavy atom. The minimum atomic E-state index is -0.797. The number of halogens is 2. The van der Waals surface area contributed by atoms with Crippen LogP contribution in [0.5, 0.6) is 5.88 Å². The smallest absolute Gasteiger partial charge is 0.328 e. The topological polar surface area (TPSA) is 98.3 Å². The zero-order valence-corrected chi connectivity index (χ0v) is 10.8. The van der Waals surface area contributed by atoms with E-state index in [1.165, 1.54) is 6.07 Å². The molecule has 98 valence electrons. The molecule has 0 amide bonds. The molecule has 1 aromatic heterocycles. The third-order valence-corrected chi connectivity index (χ3v) is 2.94. The van der Waals surface area contributed by atoms with E-state index in [0.29, 0.717) is 15.7 Å². The molecule has 3 N–H and O–H groups in total. The molecule has 0 unspecified atom stereocenters. The van der Waals surface area contributed by atoms with E-state index < -0.39 is 17.1 Å². The minimum Gasteiger partial charge on any atom is -0.494 e. The van der Waals surface area contributed by atoms with Gasteiger partial charge in [-0.2, -0.15) is 0 Å². The molecule has 8 heteroatoms. The Kier molecular flexibility index (Phi) is 3.73. The van der Waals surface area contributed by atoms with Gasteiger partial charge in [0.25, 0.3) is 5.56 Å². The highest BCUT2D eigenvalue weighted by molar-refractivity contribution is 6.42. The van der Waals surface area contributed by atoms with E-state index in [1.807, 2.05) is 9.97 Å². The number of nitrogens with zero attached hydrogens (tertiary/aromatic N) is 1. The van der Waals surface area contributed by atoms with E-state index in [1.54, 1.807) is 12.1 Å². The maximum atomic E-state index is 11.4. The van der Waals surface area contributed by atoms with Gasteiger partial charge in [-0.05, 0) is 18.2 Å². The summed E-state index contributed by atoms with van der Waals surface area (Å²) in [6.07, 6.45) is 1.11. The highest BCUT2D eigenvalue weighted by Gasteiger charge is 2.05. The summed E-state index contributed by atoms with van der Waals surface area (Å²) in [5.41, 5.74) is -1.26. The molecule has 0 bridgehead atoms. The molecule has 19 heavy (non-hydrogen) atoms. The first-order valence-corrected chi connectivity index (χ1v) is 5.77. The van der Waals surface area contributed by atoms with Crippen molar-refractivity contribution in [2.24, 2.45) is 4.99 Å². The molecule has 1 aromatic carbocycles. The van der Waals surface area contributed by atoms with Crippen LogP contribution in [-0.4, -0.2) is 21.3 Å². The van der Waals surface area contributed by atoms with Crippen LogP contribution < -0.4 is 11.2 Å². The van der Waals surface area contributed by atoms with Gasteiger partial charge in [-0.25, -0.2) is 4.79 Å². The lowest BCUT2D eigenvalue weighted by molar-refractivity contribution is 0.447. The molecule has 6 nitrogen and oxygen atoms in total. The molecule has 2 rings (SSSR count). The monoisotopic (exact) mass is 299 g/mol. The largest absolute Gasteiger partial charge is 0.494 e. The number of aliphatic imine (C=N–C) groups is 1. The number of nitrogens with one attached hydrogen (secondary N) is 2. The van der Waals surface area contributed by atoms with E-state index in [2.05, 4.69) is 4.99 Å². The highest BCUT2D eigenvalue weighted by Crippen LogP contribution is 2.26. The lowest BCUT2D eigenvalue weighted by atomic mass is 10.3. The Morgan fingerprint density at radius 2 is 1.89 bits per heavy atom. The van der Waals surface area contributed by atoms with Crippen molar-refractivity contribution in [2.45, 2.75) is 0 Å². The van der Waals surface area contributed by atoms with Gasteiger partial charge in [0, 0.05) is 6.21 Å². The average molecular weight is 300 g/mol. The zero-order chi connectivity index (χ0) is 14.0. The van der Waals surface area contributed by atoms with Crippen molar-refractivity contribution in [3.05, 3.63) is 54.6 Å². The maximum absolute atomic E-state index is 11.4. The Balaban J connectivity index is 2.40. The van der Waals surface area contributed by atoms with Crippen LogP contribution >= 0.6 is 23.2 Å². The fourth-order valence-electron chi connectivity index (χ4n) is 1.31. The van der Waals surface area contributed by atoms with E-state index >= 15 is 0 Å². The first-order chi connectivity index (χ1) is 8.97. The molecule has 0 fully saturated rings. The fraction of sp³-hybridized carbons (Fsp3) is 0. The summed E-state index contributed by atoms with van der Waals surface area (Å²) in [6.45, 7) is 0. The van der Waals surface area contributed by atoms with E-state index in [4.69, 9.17) is 23.2 Å². The predicted octanol–water partition coefficient (Wildman–Crippen LogP) is 1.83. The molecule has 0 saturated carbocycles. The predicted molar refractivity (Wildman–Crippen MR) is 73.1 cm³/mol. The number of aromatic hydroxyl groups is 1. The van der Waals surface area contributed by atoms with E-state index in [-0.39, 0.29) is 5.56 Å². The van der Waals surface area contributed by atoms with Crippen molar-refractivity contribution in [1.82, 2.24) is 9.97 Å². The average Bonchev–Trinajstić information content (AvgIpc) is 2.32. The minimum absolute atomic E-state index is 0.161. The Morgan fingerprint density at radius 3 is 2.53 bits per heavy atom. The fourth-order valence-corrected chi connectivity index (χ4v) is 1.60. The van der Waals surface area contributed by atoms with Gasteiger partial charge < -0.3 is 5.11 Å². The van der Waals surface area contributed by atoms with Crippen molar-refractivity contribution in [2.75, 3.05) is 0 Å². The molecular formula is C11H7Cl2N3O3. The molecule has 0 saturated heterocycles. The summed E-state index contributed by atoms with van der Waals surface area (Å²) in [4.78, 5) is 30.3. The Labute approximate surface area is 116 Å². The molecular weight excluding hydrogens is 293 g/mol. The number of hydrogen-bond donors (Lipinski definition) is 3. The molecule has 2 aromatic rings. The first kappa shape index (κ1) is 13.4. The van der Waals surface area contributed by atoms with E-state index in [0.717, 1.165) is 6.21 Å². The summed E-state index contributed by atoms with van der Waals surface area (Å²) >= 11 is 11.6. The van der Waals surface area contributed by atoms with Gasteiger partial charge in [-0.1, -0.05) is 23.2 Å². The van der Waals surface area contributed by atoms with Crippen LogP contribution in [0.1, 0.15) is 5.56 Å². The summed E-state index contributed by atoms with van der Waals surface area (Å²) in [7, 11) is 0. The maximum Gasteiger partial charge on any atom is 0.328 e. The van der Waals surface area contributed by atoms with Crippen LogP contribution in [0.15, 0.2) is 32.8 Å². The lowest BCUT2D eigenvalue weighted by Crippen LogP contribution is -2.24. The number of rotatable bonds is 2. The molecule has 0 radical (unpaired) electrons. The molecule has 0 aliphatic carbocycles. The van der Waals surface area contributed by atoms with Crippen LogP contribution in [0.3, 0.4) is 0 Å². The van der Waals surface area contributed by atoms with Gasteiger partial charge in [0.2, 0.25) is 5.88 Å². The van der Waals surface area contributed by atoms with Crippen molar-refractivity contribution >= 4 is 35.1 Å². The van der Waals surface area contributed by atoms with Gasteiger partial charge in [0.1, 0.15) is 5.56 Å². The number of aromatic nitrogens is 2. The second-order valence-electron chi connectivity index (χ2n) is 3.53. The molecule has 0 spiro atoms. The number of benzene rings is 1. The molecule has 0 aliphatic heterocycles. The van der Waals surface area contributed by atoms with Crippen molar-refractivity contribution in [3.63, 3.8) is 0 Å². The van der Waals surface area contributed by atoms with Crippen LogP contribution in [0.4, 0.5) is 5.69 Å². The van der Waals surface area contributed by atoms with Gasteiger partial charge in [-0.15, -0.1) is 0 Å². The SMILES string of the molecule is O=c1[nH]c(O)c(C=Nc2ccc(Cl)c(Cl)c2)c(=O)[nH]1. The van der Waals surface area contributed by atoms with Gasteiger partial charge >= 0.3 is 5.69 Å². The first-order valence-electron chi connectivity index (χ1n) is 5.02. The van der Waals surface area contributed by atoms with Gasteiger partial charge in [0.05, 0.1) is 15.7 Å². The van der Waals surface area contributed by atoms with Crippen molar-refractivity contribution < 1.29 is 5.11 Å².